The Balaban J connectivity index is 1.14. The van der Waals surface area contributed by atoms with E-state index < -0.39 is 0 Å². The topological polar surface area (TPSA) is 76.6 Å². The predicted octanol–water partition coefficient (Wildman–Crippen LogP) is 3.78. The van der Waals surface area contributed by atoms with E-state index in [1.807, 2.05) is 36.7 Å². The molecule has 0 fully saturated rings. The Morgan fingerprint density at radius 1 is 0.732 bits per heavy atom. The van der Waals surface area contributed by atoms with Crippen molar-refractivity contribution in [3.05, 3.63) is 131 Å². The van der Waals surface area contributed by atoms with Gasteiger partial charge in [0.2, 0.25) is 0 Å². The van der Waals surface area contributed by atoms with E-state index in [0.717, 1.165) is 76.7 Å². The average Bonchev–Trinajstić information content (AvgIpc) is 3.02. The van der Waals surface area contributed by atoms with Crippen LogP contribution in [0.25, 0.3) is 0 Å². The summed E-state index contributed by atoms with van der Waals surface area (Å²) in [4.78, 5) is 13.7. The molecule has 3 heterocycles. The van der Waals surface area contributed by atoms with E-state index in [4.69, 9.17) is 0 Å². The minimum Gasteiger partial charge on any atom is -0.395 e. The Labute approximate surface area is 244 Å². The zero-order chi connectivity index (χ0) is 28.1. The third-order valence-electron chi connectivity index (χ3n) is 7.76. The summed E-state index contributed by atoms with van der Waals surface area (Å²) in [6, 6.07) is 29.9. The maximum Gasteiger partial charge on any atom is 0.0590 e. The third kappa shape index (κ3) is 9.01. The van der Waals surface area contributed by atoms with Crippen molar-refractivity contribution in [1.82, 2.24) is 30.4 Å². The molecule has 0 spiro atoms. The minimum atomic E-state index is 0.164. The zero-order valence-electron chi connectivity index (χ0n) is 23.8. The molecule has 41 heavy (non-hydrogen) atoms. The van der Waals surface area contributed by atoms with Crippen LogP contribution in [-0.4, -0.2) is 63.7 Å². The highest BCUT2D eigenvalue weighted by atomic mass is 16.3. The number of pyridine rings is 2. The lowest BCUT2D eigenvalue weighted by molar-refractivity contribution is 0.0996. The quantitative estimate of drug-likeness (QED) is 0.195. The molecule has 0 saturated carbocycles. The second kappa shape index (κ2) is 15.5. The second-order valence-corrected chi connectivity index (χ2v) is 10.8. The fourth-order valence-electron chi connectivity index (χ4n) is 5.43. The molecule has 0 aliphatic carbocycles. The van der Waals surface area contributed by atoms with Gasteiger partial charge in [-0.05, 0) is 52.9 Å². The molecule has 0 bridgehead atoms. The summed E-state index contributed by atoms with van der Waals surface area (Å²) in [7, 11) is 0. The Morgan fingerprint density at radius 3 is 1.90 bits per heavy atom. The van der Waals surface area contributed by atoms with Crippen molar-refractivity contribution in [3.63, 3.8) is 0 Å². The van der Waals surface area contributed by atoms with Gasteiger partial charge in [-0.3, -0.25) is 19.8 Å². The number of benzene rings is 2. The van der Waals surface area contributed by atoms with E-state index >= 15 is 0 Å². The Hall–Kier alpha value is -3.46. The van der Waals surface area contributed by atoms with Gasteiger partial charge in [-0.1, -0.05) is 60.7 Å². The van der Waals surface area contributed by atoms with Gasteiger partial charge in [-0.2, -0.15) is 0 Å². The van der Waals surface area contributed by atoms with Crippen LogP contribution in [0, 0.1) is 0 Å². The van der Waals surface area contributed by atoms with Crippen molar-refractivity contribution in [2.45, 2.75) is 45.2 Å². The summed E-state index contributed by atoms with van der Waals surface area (Å²) in [6.07, 6.45) is 4.59. The molecule has 7 heteroatoms. The fourth-order valence-corrected chi connectivity index (χ4v) is 5.43. The van der Waals surface area contributed by atoms with Crippen molar-refractivity contribution >= 4 is 0 Å². The SMILES string of the molecule is OC[C@@H]1Cc2ccccc2CN1Cc1ccc(CN(CCNCc2ccccn2)CCNCc2ccccn2)cc1. The van der Waals surface area contributed by atoms with Crippen LogP contribution in [0.3, 0.4) is 0 Å². The number of aliphatic hydroxyl groups is 1. The van der Waals surface area contributed by atoms with Crippen LogP contribution in [0.1, 0.15) is 33.6 Å². The molecule has 1 aliphatic heterocycles. The average molecular weight is 551 g/mol. The predicted molar refractivity (Wildman–Crippen MR) is 164 cm³/mol. The number of fused-ring (bicyclic) bond motifs is 1. The van der Waals surface area contributed by atoms with Crippen LogP contribution >= 0.6 is 0 Å². The smallest absolute Gasteiger partial charge is 0.0590 e. The van der Waals surface area contributed by atoms with Gasteiger partial charge >= 0.3 is 0 Å². The highest BCUT2D eigenvalue weighted by Crippen LogP contribution is 2.25. The second-order valence-electron chi connectivity index (χ2n) is 10.8. The normalized spacial score (nSPS) is 15.2. The summed E-state index contributed by atoms with van der Waals surface area (Å²) >= 11 is 0. The first-order chi connectivity index (χ1) is 20.3. The molecular formula is C34H42N6O. The molecule has 5 rings (SSSR count). The number of nitrogens with zero attached hydrogens (tertiary/aromatic N) is 4. The van der Waals surface area contributed by atoms with Gasteiger partial charge in [0, 0.05) is 77.3 Å². The number of rotatable bonds is 15. The molecule has 0 unspecified atom stereocenters. The molecule has 3 N–H and O–H groups in total. The maximum absolute atomic E-state index is 10.1. The van der Waals surface area contributed by atoms with E-state index in [2.05, 4.69) is 91.1 Å². The van der Waals surface area contributed by atoms with Gasteiger partial charge in [0.05, 0.1) is 18.0 Å². The van der Waals surface area contributed by atoms with E-state index in [1.54, 1.807) is 0 Å². The summed E-state index contributed by atoms with van der Waals surface area (Å²) < 4.78 is 0. The van der Waals surface area contributed by atoms with E-state index in [0.29, 0.717) is 0 Å². The lowest BCUT2D eigenvalue weighted by Gasteiger charge is -2.36. The molecule has 0 saturated heterocycles. The van der Waals surface area contributed by atoms with Gasteiger partial charge < -0.3 is 15.7 Å². The van der Waals surface area contributed by atoms with Gasteiger partial charge in [0.15, 0.2) is 0 Å². The molecule has 1 aliphatic rings. The van der Waals surface area contributed by atoms with Crippen LogP contribution in [0.5, 0.6) is 0 Å². The van der Waals surface area contributed by atoms with Gasteiger partial charge in [0.25, 0.3) is 0 Å². The van der Waals surface area contributed by atoms with Crippen LogP contribution < -0.4 is 10.6 Å². The number of hydrogen-bond acceptors (Lipinski definition) is 7. The van der Waals surface area contributed by atoms with Gasteiger partial charge in [-0.15, -0.1) is 0 Å². The molecule has 7 nitrogen and oxygen atoms in total. The molecule has 0 amide bonds. The highest BCUT2D eigenvalue weighted by Gasteiger charge is 2.25. The Morgan fingerprint density at radius 2 is 1.32 bits per heavy atom. The third-order valence-corrected chi connectivity index (χ3v) is 7.76. The zero-order valence-corrected chi connectivity index (χ0v) is 23.8. The lowest BCUT2D eigenvalue weighted by atomic mass is 9.94. The number of aliphatic hydroxyl groups excluding tert-OH is 1. The summed E-state index contributed by atoms with van der Waals surface area (Å²) in [5, 5.41) is 17.1. The standard InChI is InChI=1S/C34H42N6O/c41-27-34-21-30-7-1-2-8-31(30)26-40(34)25-29-13-11-28(12-14-29)24-39(19-17-35-22-32-9-3-5-15-37-32)20-18-36-23-33-10-4-6-16-38-33/h1-16,34-36,41H,17-27H2/t34-/m0/s1. The van der Waals surface area contributed by atoms with Crippen LogP contribution in [-0.2, 0) is 39.1 Å². The number of aromatic nitrogens is 2. The lowest BCUT2D eigenvalue weighted by Crippen LogP contribution is -2.42. The molecule has 4 aromatic rings. The van der Waals surface area contributed by atoms with Crippen LogP contribution in [0.2, 0.25) is 0 Å². The summed E-state index contributed by atoms with van der Waals surface area (Å²) in [5.74, 6) is 0. The van der Waals surface area contributed by atoms with Crippen molar-refractivity contribution in [2.75, 3.05) is 32.8 Å². The van der Waals surface area contributed by atoms with Crippen molar-refractivity contribution in [2.24, 2.45) is 0 Å². The van der Waals surface area contributed by atoms with Crippen molar-refractivity contribution < 1.29 is 5.11 Å². The summed E-state index contributed by atoms with van der Waals surface area (Å²) in [5.41, 5.74) is 7.46. The monoisotopic (exact) mass is 550 g/mol. The fraction of sp³-hybridized carbons (Fsp3) is 0.353. The van der Waals surface area contributed by atoms with Crippen LogP contribution in [0.4, 0.5) is 0 Å². The first-order valence-corrected chi connectivity index (χ1v) is 14.7. The Kier molecular flexibility index (Phi) is 11.0. The van der Waals surface area contributed by atoms with Crippen molar-refractivity contribution in [3.8, 4) is 0 Å². The first kappa shape index (κ1) is 29.0. The largest absolute Gasteiger partial charge is 0.395 e. The Bertz CT molecular complexity index is 1250. The van der Waals surface area contributed by atoms with E-state index in [9.17, 15) is 5.11 Å². The molecule has 1 atom stereocenters. The first-order valence-electron chi connectivity index (χ1n) is 14.7. The molecular weight excluding hydrogens is 508 g/mol. The van der Waals surface area contributed by atoms with Crippen LogP contribution in [0.15, 0.2) is 97.3 Å². The molecule has 2 aromatic carbocycles. The van der Waals surface area contributed by atoms with E-state index in [1.165, 1.54) is 22.3 Å². The number of nitrogens with one attached hydrogen (secondary N) is 2. The van der Waals surface area contributed by atoms with Gasteiger partial charge in [-0.25, -0.2) is 0 Å². The summed E-state index contributed by atoms with van der Waals surface area (Å²) in [6.45, 7) is 8.05. The highest BCUT2D eigenvalue weighted by molar-refractivity contribution is 5.31. The number of hydrogen-bond donors (Lipinski definition) is 3. The maximum atomic E-state index is 10.1. The molecule has 2 aromatic heterocycles. The van der Waals surface area contributed by atoms with E-state index in [-0.39, 0.29) is 12.6 Å². The molecule has 214 valence electrons. The minimum absolute atomic E-state index is 0.164. The molecule has 0 radical (unpaired) electrons. The van der Waals surface area contributed by atoms with Gasteiger partial charge in [0.1, 0.15) is 0 Å². The van der Waals surface area contributed by atoms with Crippen molar-refractivity contribution in [1.29, 1.82) is 0 Å².